The van der Waals surface area contributed by atoms with Crippen LogP contribution in [0, 0.1) is 12.8 Å². The average Bonchev–Trinajstić information content (AvgIpc) is 3.25. The van der Waals surface area contributed by atoms with E-state index >= 15 is 0 Å². The van der Waals surface area contributed by atoms with E-state index < -0.39 is 6.37 Å². The maximum absolute atomic E-state index is 9.08. The largest absolute Gasteiger partial charge is 0.455 e. The quantitative estimate of drug-likeness (QED) is 0.273. The van der Waals surface area contributed by atoms with Gasteiger partial charge in [0.1, 0.15) is 18.2 Å². The standard InChI is InChI=1S/C30H30NO/c1-20-23-12-6-7-13-24(23)30-29(25-14-8-9-15-27(25)32-30)28(20)26-19-22(16-17-31(26)2)18-21-10-4-3-5-11-21/h6-9,12-17,19,21H,3-5,10-11,18H2,1-2H3/q+1/i18D2. The molecule has 3 aromatic carbocycles. The molecule has 1 aliphatic rings. The summed E-state index contributed by atoms with van der Waals surface area (Å²) in [7, 11) is 2.05. The van der Waals surface area contributed by atoms with Gasteiger partial charge in [-0.25, -0.2) is 4.57 Å². The number of aryl methyl sites for hydroxylation is 2. The molecule has 0 N–H and O–H groups in total. The van der Waals surface area contributed by atoms with Crippen LogP contribution in [0.5, 0.6) is 0 Å². The first-order chi connectivity index (χ1) is 16.5. The summed E-state index contributed by atoms with van der Waals surface area (Å²) in [4.78, 5) is 0. The number of hydrogen-bond donors (Lipinski definition) is 0. The number of para-hydroxylation sites is 1. The van der Waals surface area contributed by atoms with Gasteiger partial charge in [-0.2, -0.15) is 0 Å². The summed E-state index contributed by atoms with van der Waals surface area (Å²) in [5.41, 5.74) is 5.91. The molecule has 2 aromatic heterocycles. The van der Waals surface area contributed by atoms with Crippen molar-refractivity contribution in [3.8, 4) is 11.3 Å². The van der Waals surface area contributed by atoms with Gasteiger partial charge in [0.15, 0.2) is 6.20 Å². The van der Waals surface area contributed by atoms with Gasteiger partial charge in [0.2, 0.25) is 5.69 Å². The highest BCUT2D eigenvalue weighted by Crippen LogP contribution is 2.43. The van der Waals surface area contributed by atoms with Crippen LogP contribution < -0.4 is 4.57 Å². The highest BCUT2D eigenvalue weighted by atomic mass is 16.3. The molecule has 0 aliphatic heterocycles. The molecular weight excluding hydrogens is 390 g/mol. The van der Waals surface area contributed by atoms with E-state index in [1.165, 1.54) is 17.4 Å². The molecule has 6 rings (SSSR count). The van der Waals surface area contributed by atoms with Gasteiger partial charge in [0.05, 0.1) is 5.56 Å². The van der Waals surface area contributed by atoms with Crippen LogP contribution in [-0.2, 0) is 13.4 Å². The maximum Gasteiger partial charge on any atom is 0.213 e. The number of pyridine rings is 1. The number of benzene rings is 3. The highest BCUT2D eigenvalue weighted by molar-refractivity contribution is 6.22. The van der Waals surface area contributed by atoms with Crippen LogP contribution in [0.2, 0.25) is 0 Å². The molecule has 1 fully saturated rings. The Morgan fingerprint density at radius 1 is 0.938 bits per heavy atom. The van der Waals surface area contributed by atoms with Crippen LogP contribution in [0.3, 0.4) is 0 Å². The van der Waals surface area contributed by atoms with Gasteiger partial charge >= 0.3 is 0 Å². The number of nitrogens with zero attached hydrogens (tertiary/aromatic N) is 1. The van der Waals surface area contributed by atoms with Crippen molar-refractivity contribution >= 4 is 32.7 Å². The summed E-state index contributed by atoms with van der Waals surface area (Å²) in [6.07, 6.45) is 6.10. The first-order valence-corrected chi connectivity index (χ1v) is 11.8. The van der Waals surface area contributed by atoms with E-state index in [1.807, 2.05) is 24.4 Å². The van der Waals surface area contributed by atoms with E-state index in [2.05, 4.69) is 61.0 Å². The van der Waals surface area contributed by atoms with Gasteiger partial charge in [-0.3, -0.25) is 0 Å². The van der Waals surface area contributed by atoms with Crippen molar-refractivity contribution in [3.05, 3.63) is 78.0 Å². The van der Waals surface area contributed by atoms with Crippen LogP contribution in [0.1, 0.15) is 46.0 Å². The van der Waals surface area contributed by atoms with Gasteiger partial charge < -0.3 is 4.42 Å². The minimum absolute atomic E-state index is 0.0780. The lowest BCUT2D eigenvalue weighted by atomic mass is 9.84. The van der Waals surface area contributed by atoms with Gasteiger partial charge in [0.25, 0.3) is 0 Å². The van der Waals surface area contributed by atoms with Gasteiger partial charge in [-0.05, 0) is 41.8 Å². The van der Waals surface area contributed by atoms with Gasteiger partial charge in [-0.1, -0.05) is 74.6 Å². The molecule has 0 bridgehead atoms. The zero-order chi connectivity index (χ0) is 23.4. The summed E-state index contributed by atoms with van der Waals surface area (Å²) in [5, 5.41) is 4.50. The van der Waals surface area contributed by atoms with Crippen molar-refractivity contribution in [2.45, 2.75) is 45.4 Å². The predicted octanol–water partition coefficient (Wildman–Crippen LogP) is 7.66. The fourth-order valence-corrected chi connectivity index (χ4v) is 5.52. The van der Waals surface area contributed by atoms with Gasteiger partial charge in [0, 0.05) is 31.0 Å². The lowest BCUT2D eigenvalue weighted by molar-refractivity contribution is -0.660. The van der Waals surface area contributed by atoms with E-state index in [0.29, 0.717) is 0 Å². The smallest absolute Gasteiger partial charge is 0.213 e. The van der Waals surface area contributed by atoms with Crippen molar-refractivity contribution in [2.75, 3.05) is 0 Å². The lowest BCUT2D eigenvalue weighted by Crippen LogP contribution is -2.31. The molecule has 160 valence electrons. The zero-order valence-corrected chi connectivity index (χ0v) is 18.8. The summed E-state index contributed by atoms with van der Waals surface area (Å²) >= 11 is 0. The molecule has 0 atom stereocenters. The first-order valence-electron chi connectivity index (χ1n) is 12.8. The summed E-state index contributed by atoms with van der Waals surface area (Å²) in [6, 6.07) is 20.7. The van der Waals surface area contributed by atoms with Crippen molar-refractivity contribution in [2.24, 2.45) is 13.0 Å². The molecule has 1 saturated carbocycles. The molecule has 2 nitrogen and oxygen atoms in total. The van der Waals surface area contributed by atoms with Gasteiger partial charge in [-0.15, -0.1) is 0 Å². The fraction of sp³-hybridized carbons (Fsp3) is 0.300. The Morgan fingerprint density at radius 2 is 1.66 bits per heavy atom. The first kappa shape index (κ1) is 17.4. The van der Waals surface area contributed by atoms with Crippen LogP contribution in [0.4, 0.5) is 0 Å². The summed E-state index contributed by atoms with van der Waals surface area (Å²) in [6.45, 7) is 2.18. The zero-order valence-electron chi connectivity index (χ0n) is 20.8. The van der Waals surface area contributed by atoms with E-state index in [9.17, 15) is 0 Å². The van der Waals surface area contributed by atoms with Crippen molar-refractivity contribution in [1.82, 2.24) is 0 Å². The molecule has 0 unspecified atom stereocenters. The van der Waals surface area contributed by atoms with E-state index in [-0.39, 0.29) is 5.92 Å². The second kappa shape index (κ2) is 7.78. The van der Waals surface area contributed by atoms with Crippen LogP contribution in [-0.4, -0.2) is 0 Å². The Kier molecular flexibility index (Phi) is 4.24. The van der Waals surface area contributed by atoms with E-state index in [0.717, 1.165) is 69.8 Å². The second-order valence-corrected chi connectivity index (χ2v) is 9.24. The Morgan fingerprint density at radius 3 is 2.47 bits per heavy atom. The Hall–Kier alpha value is -3.13. The third-order valence-corrected chi connectivity index (χ3v) is 7.18. The minimum atomic E-state index is -1.34. The maximum atomic E-state index is 9.08. The molecule has 1 aliphatic carbocycles. The number of furan rings is 1. The molecule has 0 amide bonds. The van der Waals surface area contributed by atoms with E-state index in [1.54, 1.807) is 0 Å². The number of hydrogen-bond acceptors (Lipinski definition) is 1. The molecule has 0 spiro atoms. The number of rotatable bonds is 3. The Balaban J connectivity index is 1.67. The SMILES string of the molecule is [2H]C([2H])(c1cc[n+](C)c(-c2c(C)c3ccccc3c3oc4ccccc4c23)c1)C1CCCCC1. The Bertz CT molecular complexity index is 1540. The molecule has 0 saturated heterocycles. The molecule has 32 heavy (non-hydrogen) atoms. The average molecular weight is 423 g/mol. The summed E-state index contributed by atoms with van der Waals surface area (Å²) in [5.74, 6) is 0.0780. The van der Waals surface area contributed by atoms with Crippen molar-refractivity contribution in [3.63, 3.8) is 0 Å². The highest BCUT2D eigenvalue weighted by Gasteiger charge is 2.24. The molecular formula is C30H30NO+. The predicted molar refractivity (Wildman–Crippen MR) is 133 cm³/mol. The molecule has 2 heteroatoms. The fourth-order valence-electron chi connectivity index (χ4n) is 5.52. The molecule has 5 aromatic rings. The van der Waals surface area contributed by atoms with Crippen molar-refractivity contribution < 1.29 is 11.7 Å². The normalized spacial score (nSPS) is 16.6. The molecule has 0 radical (unpaired) electrons. The van der Waals surface area contributed by atoms with Crippen LogP contribution in [0.25, 0.3) is 44.0 Å². The second-order valence-electron chi connectivity index (χ2n) is 9.24. The third-order valence-electron chi connectivity index (χ3n) is 7.18. The van der Waals surface area contributed by atoms with Crippen molar-refractivity contribution in [1.29, 1.82) is 0 Å². The monoisotopic (exact) mass is 422 g/mol. The minimum Gasteiger partial charge on any atom is -0.455 e. The molecule has 2 heterocycles. The van der Waals surface area contributed by atoms with Crippen LogP contribution in [0.15, 0.2) is 71.3 Å². The van der Waals surface area contributed by atoms with E-state index in [4.69, 9.17) is 7.16 Å². The topological polar surface area (TPSA) is 17.0 Å². The summed E-state index contributed by atoms with van der Waals surface area (Å²) < 4.78 is 26.7. The Labute approximate surface area is 192 Å². The third kappa shape index (κ3) is 3.12. The van der Waals surface area contributed by atoms with Crippen LogP contribution >= 0.6 is 0 Å². The number of aromatic nitrogens is 1. The number of fused-ring (bicyclic) bond motifs is 5. The lowest BCUT2D eigenvalue weighted by Gasteiger charge is -2.21.